The second-order valence-corrected chi connectivity index (χ2v) is 7.30. The SMILES string of the molecule is Cc1cccc2nc(N)n(CC3(CC(C)C)CCCC3)c12. The first-order valence-electron chi connectivity index (χ1n) is 8.22. The summed E-state index contributed by atoms with van der Waals surface area (Å²) in [7, 11) is 0. The van der Waals surface area contributed by atoms with Gasteiger partial charge in [-0.25, -0.2) is 4.98 Å². The highest BCUT2D eigenvalue weighted by atomic mass is 15.2. The lowest BCUT2D eigenvalue weighted by atomic mass is 9.78. The second-order valence-electron chi connectivity index (χ2n) is 7.30. The van der Waals surface area contributed by atoms with Crippen molar-refractivity contribution < 1.29 is 0 Å². The molecule has 1 saturated carbocycles. The van der Waals surface area contributed by atoms with Crippen LogP contribution in [0.3, 0.4) is 0 Å². The van der Waals surface area contributed by atoms with Crippen molar-refractivity contribution in [1.82, 2.24) is 9.55 Å². The number of aromatic nitrogens is 2. The van der Waals surface area contributed by atoms with Gasteiger partial charge in [0.15, 0.2) is 0 Å². The Kier molecular flexibility index (Phi) is 3.68. The third-order valence-corrected chi connectivity index (χ3v) is 5.00. The van der Waals surface area contributed by atoms with Gasteiger partial charge in [0.1, 0.15) is 0 Å². The van der Waals surface area contributed by atoms with E-state index in [1.165, 1.54) is 43.2 Å². The fourth-order valence-electron chi connectivity index (χ4n) is 4.30. The quantitative estimate of drug-likeness (QED) is 0.896. The molecule has 0 unspecified atom stereocenters. The first-order chi connectivity index (χ1) is 10.0. The molecule has 21 heavy (non-hydrogen) atoms. The molecule has 0 bridgehead atoms. The minimum Gasteiger partial charge on any atom is -0.369 e. The zero-order valence-corrected chi connectivity index (χ0v) is 13.5. The molecular formula is C18H27N3. The summed E-state index contributed by atoms with van der Waals surface area (Å²) in [5.74, 6) is 1.41. The summed E-state index contributed by atoms with van der Waals surface area (Å²) in [6, 6.07) is 6.29. The van der Waals surface area contributed by atoms with Crippen LogP contribution < -0.4 is 5.73 Å². The van der Waals surface area contributed by atoms with Crippen molar-refractivity contribution in [2.45, 2.75) is 59.4 Å². The van der Waals surface area contributed by atoms with Crippen LogP contribution in [0.1, 0.15) is 51.5 Å². The number of imidazole rings is 1. The molecule has 2 aromatic rings. The molecule has 0 spiro atoms. The molecule has 1 heterocycles. The highest BCUT2D eigenvalue weighted by molar-refractivity contribution is 5.81. The largest absolute Gasteiger partial charge is 0.369 e. The third kappa shape index (κ3) is 2.66. The molecule has 3 heteroatoms. The summed E-state index contributed by atoms with van der Waals surface area (Å²) in [5.41, 5.74) is 10.2. The number of hydrogen-bond acceptors (Lipinski definition) is 2. The highest BCUT2D eigenvalue weighted by Gasteiger charge is 2.35. The van der Waals surface area contributed by atoms with Crippen molar-refractivity contribution in [1.29, 1.82) is 0 Å². The normalized spacial score (nSPS) is 17.9. The van der Waals surface area contributed by atoms with E-state index in [4.69, 9.17) is 5.73 Å². The summed E-state index contributed by atoms with van der Waals surface area (Å²) in [6.07, 6.45) is 6.67. The zero-order chi connectivity index (χ0) is 15.0. The Hall–Kier alpha value is -1.51. The monoisotopic (exact) mass is 285 g/mol. The lowest BCUT2D eigenvalue weighted by Crippen LogP contribution is -2.26. The summed E-state index contributed by atoms with van der Waals surface area (Å²) >= 11 is 0. The molecule has 3 rings (SSSR count). The van der Waals surface area contributed by atoms with Gasteiger partial charge in [-0.05, 0) is 49.1 Å². The van der Waals surface area contributed by atoms with Gasteiger partial charge in [0, 0.05) is 6.54 Å². The molecule has 114 valence electrons. The summed E-state index contributed by atoms with van der Waals surface area (Å²) in [6.45, 7) is 7.85. The molecule has 1 aliphatic carbocycles. The highest BCUT2D eigenvalue weighted by Crippen LogP contribution is 2.45. The maximum Gasteiger partial charge on any atom is 0.201 e. The first-order valence-corrected chi connectivity index (χ1v) is 8.22. The first kappa shape index (κ1) is 14.4. The molecule has 1 aromatic carbocycles. The van der Waals surface area contributed by atoms with Crippen molar-refractivity contribution in [2.24, 2.45) is 11.3 Å². The van der Waals surface area contributed by atoms with E-state index in [9.17, 15) is 0 Å². The molecule has 0 radical (unpaired) electrons. The Labute approximate surface area is 127 Å². The number of aryl methyl sites for hydroxylation is 1. The molecule has 1 aliphatic rings. The average Bonchev–Trinajstić information content (AvgIpc) is 2.96. The molecule has 0 aliphatic heterocycles. The van der Waals surface area contributed by atoms with Crippen LogP contribution in [0.15, 0.2) is 18.2 Å². The van der Waals surface area contributed by atoms with Crippen LogP contribution in [-0.2, 0) is 6.54 Å². The summed E-state index contributed by atoms with van der Waals surface area (Å²) in [5, 5.41) is 0. The fraction of sp³-hybridized carbons (Fsp3) is 0.611. The molecule has 2 N–H and O–H groups in total. The maximum absolute atomic E-state index is 6.24. The van der Waals surface area contributed by atoms with E-state index in [-0.39, 0.29) is 0 Å². The van der Waals surface area contributed by atoms with Crippen LogP contribution in [0.5, 0.6) is 0 Å². The number of nitrogen functional groups attached to an aromatic ring is 1. The van der Waals surface area contributed by atoms with Gasteiger partial charge >= 0.3 is 0 Å². The van der Waals surface area contributed by atoms with Gasteiger partial charge in [-0.2, -0.15) is 0 Å². The summed E-state index contributed by atoms with van der Waals surface area (Å²) in [4.78, 5) is 4.57. The van der Waals surface area contributed by atoms with Gasteiger partial charge in [-0.1, -0.05) is 38.8 Å². The number of nitrogens with two attached hydrogens (primary N) is 1. The van der Waals surface area contributed by atoms with Crippen molar-refractivity contribution >= 4 is 17.0 Å². The molecule has 1 aromatic heterocycles. The van der Waals surface area contributed by atoms with E-state index in [2.05, 4.69) is 48.5 Å². The topological polar surface area (TPSA) is 43.8 Å². The minimum absolute atomic E-state index is 0.415. The maximum atomic E-state index is 6.24. The lowest BCUT2D eigenvalue weighted by Gasteiger charge is -2.32. The average molecular weight is 285 g/mol. The molecule has 0 amide bonds. The lowest BCUT2D eigenvalue weighted by molar-refractivity contribution is 0.200. The molecule has 3 nitrogen and oxygen atoms in total. The van der Waals surface area contributed by atoms with Crippen LogP contribution in [0.2, 0.25) is 0 Å². The number of rotatable bonds is 4. The van der Waals surface area contributed by atoms with Gasteiger partial charge < -0.3 is 10.3 Å². The molecule has 0 atom stereocenters. The predicted octanol–water partition coefficient (Wildman–Crippen LogP) is 4.53. The van der Waals surface area contributed by atoms with Crippen molar-refractivity contribution in [2.75, 3.05) is 5.73 Å². The van der Waals surface area contributed by atoms with E-state index in [1.54, 1.807) is 0 Å². The van der Waals surface area contributed by atoms with Crippen LogP contribution in [0.25, 0.3) is 11.0 Å². The van der Waals surface area contributed by atoms with Gasteiger partial charge in [0.25, 0.3) is 0 Å². The standard InChI is InChI=1S/C18H27N3/c1-13(2)11-18(9-4-5-10-18)12-21-16-14(3)7-6-8-15(16)20-17(21)19/h6-8,13H,4-5,9-12H2,1-3H3,(H2,19,20). The fourth-order valence-corrected chi connectivity index (χ4v) is 4.30. The predicted molar refractivity (Wildman–Crippen MR) is 89.2 cm³/mol. The van der Waals surface area contributed by atoms with Gasteiger partial charge in [0.05, 0.1) is 11.0 Å². The van der Waals surface area contributed by atoms with Gasteiger partial charge in [-0.15, -0.1) is 0 Å². The number of anilines is 1. The van der Waals surface area contributed by atoms with Crippen LogP contribution >= 0.6 is 0 Å². The molecular weight excluding hydrogens is 258 g/mol. The smallest absolute Gasteiger partial charge is 0.201 e. The summed E-state index contributed by atoms with van der Waals surface area (Å²) < 4.78 is 2.28. The second kappa shape index (κ2) is 5.36. The Bertz CT molecular complexity index is 633. The van der Waals surface area contributed by atoms with E-state index >= 15 is 0 Å². The van der Waals surface area contributed by atoms with Crippen LogP contribution in [0.4, 0.5) is 5.95 Å². The zero-order valence-electron chi connectivity index (χ0n) is 13.5. The van der Waals surface area contributed by atoms with Crippen LogP contribution in [0, 0.1) is 18.3 Å². The van der Waals surface area contributed by atoms with E-state index < -0.39 is 0 Å². The third-order valence-electron chi connectivity index (χ3n) is 5.00. The van der Waals surface area contributed by atoms with Crippen LogP contribution in [-0.4, -0.2) is 9.55 Å². The van der Waals surface area contributed by atoms with Gasteiger partial charge in [-0.3, -0.25) is 0 Å². The van der Waals surface area contributed by atoms with Crippen molar-refractivity contribution in [3.8, 4) is 0 Å². The number of hydrogen-bond donors (Lipinski definition) is 1. The molecule has 1 fully saturated rings. The number of para-hydroxylation sites is 1. The Morgan fingerprint density at radius 2 is 2.00 bits per heavy atom. The van der Waals surface area contributed by atoms with Crippen molar-refractivity contribution in [3.63, 3.8) is 0 Å². The van der Waals surface area contributed by atoms with E-state index in [1.807, 2.05) is 0 Å². The van der Waals surface area contributed by atoms with E-state index in [0.717, 1.165) is 18.0 Å². The minimum atomic E-state index is 0.415. The Morgan fingerprint density at radius 1 is 1.29 bits per heavy atom. The Morgan fingerprint density at radius 3 is 2.67 bits per heavy atom. The van der Waals surface area contributed by atoms with Gasteiger partial charge in [0.2, 0.25) is 5.95 Å². The number of nitrogens with zero attached hydrogens (tertiary/aromatic N) is 2. The van der Waals surface area contributed by atoms with E-state index in [0.29, 0.717) is 11.4 Å². The number of benzene rings is 1. The van der Waals surface area contributed by atoms with Crippen molar-refractivity contribution in [3.05, 3.63) is 23.8 Å². The number of fused-ring (bicyclic) bond motifs is 1. The Balaban J connectivity index is 2.02. The molecule has 0 saturated heterocycles.